The van der Waals surface area contributed by atoms with Crippen LogP contribution in [0.1, 0.15) is 13.3 Å². The van der Waals surface area contributed by atoms with Crippen molar-refractivity contribution < 1.29 is 17.9 Å². The third kappa shape index (κ3) is 4.13. The van der Waals surface area contributed by atoms with Crippen molar-refractivity contribution in [3.05, 3.63) is 18.2 Å². The molecule has 0 spiro atoms. The SMILES string of the molecule is CCNC(=O)CCS(=O)(=O)c1cc(OC)ccc1N. The average molecular weight is 286 g/mol. The largest absolute Gasteiger partial charge is 0.497 e. The standard InChI is InChI=1S/C12H18N2O4S/c1-3-14-12(15)6-7-19(16,17)11-8-9(18-2)4-5-10(11)13/h4-5,8H,3,6-7,13H2,1-2H3,(H,14,15). The Bertz CT molecular complexity index is 555. The molecule has 19 heavy (non-hydrogen) atoms. The van der Waals surface area contributed by atoms with E-state index in [1.54, 1.807) is 13.0 Å². The zero-order chi connectivity index (χ0) is 14.5. The average Bonchev–Trinajstić information content (AvgIpc) is 2.37. The molecule has 0 radical (unpaired) electrons. The van der Waals surface area contributed by atoms with Gasteiger partial charge >= 0.3 is 0 Å². The summed E-state index contributed by atoms with van der Waals surface area (Å²) in [5.41, 5.74) is 5.81. The molecule has 6 nitrogen and oxygen atoms in total. The first-order chi connectivity index (χ1) is 8.90. The Labute approximate surface area is 112 Å². The van der Waals surface area contributed by atoms with Crippen LogP contribution in [0.3, 0.4) is 0 Å². The number of hydrogen-bond donors (Lipinski definition) is 2. The molecular formula is C12H18N2O4S. The number of carbonyl (C=O) groups is 1. The third-order valence-electron chi connectivity index (χ3n) is 2.53. The lowest BCUT2D eigenvalue weighted by Gasteiger charge is -2.09. The van der Waals surface area contributed by atoms with E-state index in [0.717, 1.165) is 0 Å². The summed E-state index contributed by atoms with van der Waals surface area (Å²) < 4.78 is 29.2. The molecule has 106 valence electrons. The van der Waals surface area contributed by atoms with Crippen molar-refractivity contribution >= 4 is 21.4 Å². The van der Waals surface area contributed by atoms with Gasteiger partial charge in [0.15, 0.2) is 9.84 Å². The molecule has 0 aliphatic rings. The predicted molar refractivity (Wildman–Crippen MR) is 72.8 cm³/mol. The summed E-state index contributed by atoms with van der Waals surface area (Å²) in [6.07, 6.45) is -0.0905. The minimum Gasteiger partial charge on any atom is -0.497 e. The number of benzene rings is 1. The summed E-state index contributed by atoms with van der Waals surface area (Å²) in [6, 6.07) is 4.42. The number of nitrogens with one attached hydrogen (secondary N) is 1. The van der Waals surface area contributed by atoms with Crippen LogP contribution in [0.4, 0.5) is 5.69 Å². The zero-order valence-electron chi connectivity index (χ0n) is 11.0. The van der Waals surface area contributed by atoms with E-state index in [0.29, 0.717) is 12.3 Å². The monoisotopic (exact) mass is 286 g/mol. The number of nitrogens with two attached hydrogens (primary N) is 1. The van der Waals surface area contributed by atoms with Gasteiger partial charge in [-0.2, -0.15) is 0 Å². The van der Waals surface area contributed by atoms with Gasteiger partial charge < -0.3 is 15.8 Å². The molecule has 1 aromatic carbocycles. The highest BCUT2D eigenvalue weighted by molar-refractivity contribution is 7.91. The number of anilines is 1. The molecule has 0 aliphatic heterocycles. The van der Waals surface area contributed by atoms with Gasteiger partial charge in [-0.1, -0.05) is 0 Å². The number of sulfone groups is 1. The summed E-state index contributed by atoms with van der Waals surface area (Å²) in [4.78, 5) is 11.3. The van der Waals surface area contributed by atoms with E-state index >= 15 is 0 Å². The molecule has 3 N–H and O–H groups in total. The lowest BCUT2D eigenvalue weighted by atomic mass is 10.3. The molecule has 7 heteroatoms. The van der Waals surface area contributed by atoms with Gasteiger partial charge in [0, 0.05) is 19.0 Å². The van der Waals surface area contributed by atoms with Crippen LogP contribution in [0.5, 0.6) is 5.75 Å². The van der Waals surface area contributed by atoms with Crippen LogP contribution in [-0.4, -0.2) is 33.7 Å². The maximum Gasteiger partial charge on any atom is 0.221 e. The molecule has 0 saturated heterocycles. The van der Waals surface area contributed by atoms with E-state index in [2.05, 4.69) is 5.32 Å². The van der Waals surface area contributed by atoms with Gasteiger partial charge in [0.25, 0.3) is 0 Å². The van der Waals surface area contributed by atoms with Crippen LogP contribution in [0, 0.1) is 0 Å². The first-order valence-corrected chi connectivity index (χ1v) is 7.49. The van der Waals surface area contributed by atoms with E-state index in [1.165, 1.54) is 19.2 Å². The minimum absolute atomic E-state index is 0.00357. The molecule has 0 bridgehead atoms. The molecule has 0 aromatic heterocycles. The first kappa shape index (κ1) is 15.3. The Morgan fingerprint density at radius 3 is 2.68 bits per heavy atom. The second kappa shape index (κ2) is 6.42. The molecule has 1 rings (SSSR count). The van der Waals surface area contributed by atoms with Gasteiger partial charge in [0.2, 0.25) is 5.91 Å². The summed E-state index contributed by atoms with van der Waals surface area (Å²) in [5.74, 6) is -0.172. The van der Waals surface area contributed by atoms with Gasteiger partial charge in [-0.15, -0.1) is 0 Å². The number of methoxy groups -OCH3 is 1. The first-order valence-electron chi connectivity index (χ1n) is 5.83. The van der Waals surface area contributed by atoms with Gasteiger partial charge in [-0.05, 0) is 19.1 Å². The molecule has 0 saturated carbocycles. The fourth-order valence-corrected chi connectivity index (χ4v) is 2.93. The van der Waals surface area contributed by atoms with Gasteiger partial charge in [0.1, 0.15) is 5.75 Å². The van der Waals surface area contributed by atoms with Crippen molar-refractivity contribution in [2.75, 3.05) is 25.1 Å². The van der Waals surface area contributed by atoms with E-state index in [4.69, 9.17) is 10.5 Å². The minimum atomic E-state index is -3.60. The van der Waals surface area contributed by atoms with Gasteiger partial charge in [-0.25, -0.2) is 8.42 Å². The molecule has 0 unspecified atom stereocenters. The maximum absolute atomic E-state index is 12.1. The van der Waals surface area contributed by atoms with Crippen molar-refractivity contribution in [1.29, 1.82) is 0 Å². The van der Waals surface area contributed by atoms with Crippen molar-refractivity contribution in [3.63, 3.8) is 0 Å². The summed E-state index contributed by atoms with van der Waals surface area (Å²) >= 11 is 0. The van der Waals surface area contributed by atoms with Crippen molar-refractivity contribution in [1.82, 2.24) is 5.32 Å². The number of rotatable bonds is 6. The fourth-order valence-electron chi connectivity index (χ4n) is 1.53. The molecule has 0 atom stereocenters. The van der Waals surface area contributed by atoms with Crippen LogP contribution in [0.25, 0.3) is 0 Å². The third-order valence-corrected chi connectivity index (χ3v) is 4.29. The lowest BCUT2D eigenvalue weighted by Crippen LogP contribution is -2.25. The van der Waals surface area contributed by atoms with Crippen molar-refractivity contribution in [2.45, 2.75) is 18.2 Å². The van der Waals surface area contributed by atoms with E-state index < -0.39 is 9.84 Å². The van der Waals surface area contributed by atoms with Crippen molar-refractivity contribution in [3.8, 4) is 5.75 Å². The normalized spacial score (nSPS) is 11.1. The van der Waals surface area contributed by atoms with Gasteiger partial charge in [0.05, 0.1) is 23.4 Å². The summed E-state index contributed by atoms with van der Waals surface area (Å²) in [7, 11) is -2.16. The number of nitrogen functional groups attached to an aromatic ring is 1. The Hall–Kier alpha value is -1.76. The Balaban J connectivity index is 2.91. The topological polar surface area (TPSA) is 98.5 Å². The van der Waals surface area contributed by atoms with Crippen LogP contribution >= 0.6 is 0 Å². The second-order valence-corrected chi connectivity index (χ2v) is 6.00. The Morgan fingerprint density at radius 1 is 1.42 bits per heavy atom. The Morgan fingerprint density at radius 2 is 2.11 bits per heavy atom. The lowest BCUT2D eigenvalue weighted by molar-refractivity contribution is -0.120. The molecule has 0 aliphatic carbocycles. The fraction of sp³-hybridized carbons (Fsp3) is 0.417. The molecular weight excluding hydrogens is 268 g/mol. The van der Waals surface area contributed by atoms with Crippen LogP contribution < -0.4 is 15.8 Å². The molecule has 0 heterocycles. The smallest absolute Gasteiger partial charge is 0.221 e. The predicted octanol–water partition coefficient (Wildman–Crippen LogP) is 0.577. The van der Waals surface area contributed by atoms with E-state index in [1.807, 2.05) is 0 Å². The Kier molecular flexibility index (Phi) is 5.17. The summed E-state index contributed by atoms with van der Waals surface area (Å²) in [6.45, 7) is 2.24. The van der Waals surface area contributed by atoms with E-state index in [-0.39, 0.29) is 28.7 Å². The molecule has 0 fully saturated rings. The van der Waals surface area contributed by atoms with E-state index in [9.17, 15) is 13.2 Å². The highest BCUT2D eigenvalue weighted by Gasteiger charge is 2.19. The van der Waals surface area contributed by atoms with Crippen molar-refractivity contribution in [2.24, 2.45) is 0 Å². The quantitative estimate of drug-likeness (QED) is 0.745. The van der Waals surface area contributed by atoms with Crippen LogP contribution in [0.2, 0.25) is 0 Å². The van der Waals surface area contributed by atoms with Gasteiger partial charge in [-0.3, -0.25) is 4.79 Å². The highest BCUT2D eigenvalue weighted by Crippen LogP contribution is 2.25. The number of carbonyl (C=O) groups excluding carboxylic acids is 1. The molecule has 1 amide bonds. The molecule has 1 aromatic rings. The number of hydrogen-bond acceptors (Lipinski definition) is 5. The maximum atomic E-state index is 12.1. The zero-order valence-corrected chi connectivity index (χ0v) is 11.8. The van der Waals surface area contributed by atoms with Crippen LogP contribution in [0.15, 0.2) is 23.1 Å². The van der Waals surface area contributed by atoms with Crippen LogP contribution in [-0.2, 0) is 14.6 Å². The number of amides is 1. The summed E-state index contributed by atoms with van der Waals surface area (Å²) in [5, 5.41) is 2.55. The highest BCUT2D eigenvalue weighted by atomic mass is 32.2. The number of ether oxygens (including phenoxy) is 1. The second-order valence-electron chi connectivity index (χ2n) is 3.93.